The van der Waals surface area contributed by atoms with E-state index in [4.69, 9.17) is 0 Å². The molecule has 136 valence electrons. The quantitative estimate of drug-likeness (QED) is 0.500. The highest BCUT2D eigenvalue weighted by Crippen LogP contribution is 2.40. The normalized spacial score (nSPS) is 16.6. The highest BCUT2D eigenvalue weighted by molar-refractivity contribution is 7.19. The molecule has 0 fully saturated rings. The monoisotopic (exact) mass is 379 g/mol. The number of aromatic nitrogens is 4. The first-order chi connectivity index (χ1) is 13.1. The van der Waals surface area contributed by atoms with Crippen molar-refractivity contribution in [2.45, 2.75) is 26.2 Å². The van der Waals surface area contributed by atoms with Gasteiger partial charge in [-0.1, -0.05) is 0 Å². The first-order valence-electron chi connectivity index (χ1n) is 8.79. The molecule has 5 rings (SSSR count). The SMILES string of the molecule is Cc1c(Nc2ncnc3sc4c(c23)CCC(C(=O)O)C4)ccc2[nH]ncc12. The predicted octanol–water partition coefficient (Wildman–Crippen LogP) is 3.81. The molecule has 3 N–H and O–H groups in total. The molecular formula is C19H17N5O2S. The lowest BCUT2D eigenvalue weighted by Crippen LogP contribution is -2.21. The first-order valence-corrected chi connectivity index (χ1v) is 9.61. The number of carboxylic acid groups (broad SMARTS) is 1. The number of carbonyl (C=O) groups is 1. The Kier molecular flexibility index (Phi) is 3.61. The summed E-state index contributed by atoms with van der Waals surface area (Å²) in [6, 6.07) is 4.01. The van der Waals surface area contributed by atoms with Crippen molar-refractivity contribution in [2.75, 3.05) is 5.32 Å². The Morgan fingerprint density at radius 3 is 3.11 bits per heavy atom. The Bertz CT molecular complexity index is 1200. The number of aliphatic carboxylic acids is 1. The maximum atomic E-state index is 11.4. The van der Waals surface area contributed by atoms with Crippen molar-refractivity contribution in [3.05, 3.63) is 40.7 Å². The van der Waals surface area contributed by atoms with E-state index in [1.165, 1.54) is 5.56 Å². The van der Waals surface area contributed by atoms with Crippen LogP contribution < -0.4 is 5.32 Å². The Balaban J connectivity index is 1.59. The zero-order valence-corrected chi connectivity index (χ0v) is 15.4. The van der Waals surface area contributed by atoms with E-state index in [2.05, 4.69) is 32.4 Å². The molecule has 1 aliphatic carbocycles. The standard InChI is InChI=1S/C19H17N5O2S/c1-9-12-7-22-24-14(12)5-4-13(9)23-17-16-11-3-2-10(19(25)26)6-15(11)27-18(16)21-8-20-17/h4-5,7-8,10H,2-3,6H2,1H3,(H,22,24)(H,25,26)(H,20,21,23). The van der Waals surface area contributed by atoms with Gasteiger partial charge >= 0.3 is 5.97 Å². The minimum absolute atomic E-state index is 0.305. The van der Waals surface area contributed by atoms with E-state index in [9.17, 15) is 9.90 Å². The molecule has 0 saturated heterocycles. The van der Waals surface area contributed by atoms with E-state index in [0.29, 0.717) is 12.8 Å². The molecule has 3 heterocycles. The molecule has 1 aromatic carbocycles. The van der Waals surface area contributed by atoms with Crippen LogP contribution in [-0.4, -0.2) is 31.2 Å². The topological polar surface area (TPSA) is 104 Å². The van der Waals surface area contributed by atoms with Crippen molar-refractivity contribution < 1.29 is 9.90 Å². The van der Waals surface area contributed by atoms with Crippen LogP contribution in [0.5, 0.6) is 0 Å². The molecule has 0 radical (unpaired) electrons. The number of fused-ring (bicyclic) bond motifs is 4. The van der Waals surface area contributed by atoms with Crippen molar-refractivity contribution in [1.82, 2.24) is 20.2 Å². The first kappa shape index (κ1) is 16.2. The van der Waals surface area contributed by atoms with Crippen LogP contribution in [0, 0.1) is 12.8 Å². The van der Waals surface area contributed by atoms with Gasteiger partial charge < -0.3 is 10.4 Å². The van der Waals surface area contributed by atoms with E-state index in [-0.39, 0.29) is 5.92 Å². The number of nitrogens with zero attached hydrogens (tertiary/aromatic N) is 3. The van der Waals surface area contributed by atoms with Crippen LogP contribution in [0.15, 0.2) is 24.7 Å². The minimum Gasteiger partial charge on any atom is -0.481 e. The molecule has 4 aromatic rings. The van der Waals surface area contributed by atoms with Crippen molar-refractivity contribution in [1.29, 1.82) is 0 Å². The molecule has 1 atom stereocenters. The molecule has 0 saturated carbocycles. The largest absolute Gasteiger partial charge is 0.481 e. The summed E-state index contributed by atoms with van der Waals surface area (Å²) in [6.07, 6.45) is 5.36. The number of anilines is 2. The van der Waals surface area contributed by atoms with E-state index < -0.39 is 5.97 Å². The summed E-state index contributed by atoms with van der Waals surface area (Å²) >= 11 is 1.58. The summed E-state index contributed by atoms with van der Waals surface area (Å²) in [5, 5.41) is 22.0. The second-order valence-electron chi connectivity index (χ2n) is 6.88. The number of benzene rings is 1. The molecule has 1 aliphatic rings. The number of hydrogen-bond acceptors (Lipinski definition) is 6. The van der Waals surface area contributed by atoms with Gasteiger partial charge in [0.05, 0.1) is 23.0 Å². The summed E-state index contributed by atoms with van der Waals surface area (Å²) in [5.41, 5.74) is 4.27. The number of aromatic amines is 1. The van der Waals surface area contributed by atoms with Gasteiger partial charge in [0.1, 0.15) is 17.0 Å². The van der Waals surface area contributed by atoms with E-state index in [0.717, 1.165) is 49.5 Å². The molecule has 27 heavy (non-hydrogen) atoms. The van der Waals surface area contributed by atoms with Crippen molar-refractivity contribution in [3.8, 4) is 0 Å². The van der Waals surface area contributed by atoms with Gasteiger partial charge in [0.25, 0.3) is 0 Å². The van der Waals surface area contributed by atoms with Crippen LogP contribution in [-0.2, 0) is 17.6 Å². The fourth-order valence-corrected chi connectivity index (χ4v) is 5.10. The second kappa shape index (κ2) is 6.02. The van der Waals surface area contributed by atoms with E-state index in [1.807, 2.05) is 18.3 Å². The number of aryl methyl sites for hydroxylation is 2. The van der Waals surface area contributed by atoms with Crippen LogP contribution in [0.4, 0.5) is 11.5 Å². The summed E-state index contributed by atoms with van der Waals surface area (Å²) in [4.78, 5) is 22.3. The second-order valence-corrected chi connectivity index (χ2v) is 7.96. The van der Waals surface area contributed by atoms with Gasteiger partial charge in [0, 0.05) is 16.0 Å². The molecule has 7 nitrogen and oxygen atoms in total. The fraction of sp³-hybridized carbons (Fsp3) is 0.263. The summed E-state index contributed by atoms with van der Waals surface area (Å²) < 4.78 is 0. The lowest BCUT2D eigenvalue weighted by atomic mass is 9.88. The van der Waals surface area contributed by atoms with Crippen LogP contribution in [0.25, 0.3) is 21.1 Å². The zero-order chi connectivity index (χ0) is 18.5. The number of rotatable bonds is 3. The highest BCUT2D eigenvalue weighted by Gasteiger charge is 2.28. The van der Waals surface area contributed by atoms with E-state index >= 15 is 0 Å². The Morgan fingerprint density at radius 1 is 1.37 bits per heavy atom. The van der Waals surface area contributed by atoms with Crippen LogP contribution >= 0.6 is 11.3 Å². The summed E-state index contributed by atoms with van der Waals surface area (Å²) in [7, 11) is 0. The smallest absolute Gasteiger partial charge is 0.306 e. The van der Waals surface area contributed by atoms with Gasteiger partial charge in [-0.2, -0.15) is 5.10 Å². The maximum absolute atomic E-state index is 11.4. The molecule has 0 aliphatic heterocycles. The molecule has 0 bridgehead atoms. The Labute approximate surface area is 158 Å². The number of nitrogens with one attached hydrogen (secondary N) is 2. The number of hydrogen-bond donors (Lipinski definition) is 3. The van der Waals surface area contributed by atoms with Crippen molar-refractivity contribution in [3.63, 3.8) is 0 Å². The van der Waals surface area contributed by atoms with Crippen molar-refractivity contribution in [2.24, 2.45) is 5.92 Å². The van der Waals surface area contributed by atoms with Gasteiger partial charge in [0.15, 0.2) is 0 Å². The number of H-pyrrole nitrogens is 1. The van der Waals surface area contributed by atoms with Crippen molar-refractivity contribution >= 4 is 49.9 Å². The molecular weight excluding hydrogens is 362 g/mol. The van der Waals surface area contributed by atoms with Gasteiger partial charge in [-0.25, -0.2) is 9.97 Å². The zero-order valence-electron chi connectivity index (χ0n) is 14.6. The Hall–Kier alpha value is -3.00. The van der Waals surface area contributed by atoms with Crippen LogP contribution in [0.1, 0.15) is 22.4 Å². The lowest BCUT2D eigenvalue weighted by Gasteiger charge is -2.18. The molecule has 1 unspecified atom stereocenters. The van der Waals surface area contributed by atoms with Gasteiger partial charge in [-0.15, -0.1) is 11.3 Å². The summed E-state index contributed by atoms with van der Waals surface area (Å²) in [6.45, 7) is 2.05. The van der Waals surface area contributed by atoms with Gasteiger partial charge in [-0.05, 0) is 49.4 Å². The van der Waals surface area contributed by atoms with Crippen LogP contribution in [0.3, 0.4) is 0 Å². The average molecular weight is 379 g/mol. The Morgan fingerprint density at radius 2 is 2.26 bits per heavy atom. The predicted molar refractivity (Wildman–Crippen MR) is 105 cm³/mol. The maximum Gasteiger partial charge on any atom is 0.306 e. The van der Waals surface area contributed by atoms with Crippen LogP contribution in [0.2, 0.25) is 0 Å². The third kappa shape index (κ3) is 2.56. The average Bonchev–Trinajstić information content (AvgIpc) is 3.28. The van der Waals surface area contributed by atoms with Gasteiger partial charge in [-0.3, -0.25) is 9.89 Å². The third-order valence-electron chi connectivity index (χ3n) is 5.34. The molecule has 0 amide bonds. The van der Waals surface area contributed by atoms with Gasteiger partial charge in [0.2, 0.25) is 0 Å². The number of thiophene rings is 1. The fourth-order valence-electron chi connectivity index (χ4n) is 3.84. The highest BCUT2D eigenvalue weighted by atomic mass is 32.1. The summed E-state index contributed by atoms with van der Waals surface area (Å²) in [5.74, 6) is -0.246. The lowest BCUT2D eigenvalue weighted by molar-refractivity contribution is -0.142. The molecule has 8 heteroatoms. The number of carboxylic acids is 1. The molecule has 3 aromatic heterocycles. The van der Waals surface area contributed by atoms with E-state index in [1.54, 1.807) is 17.7 Å². The molecule has 0 spiro atoms. The third-order valence-corrected chi connectivity index (χ3v) is 6.50. The minimum atomic E-state index is -0.716.